The molecule has 1 unspecified atom stereocenters. The average Bonchev–Trinajstić information content (AvgIpc) is 1.88. The highest BCUT2D eigenvalue weighted by atomic mass is 19.3. The second-order valence-electron chi connectivity index (χ2n) is 2.12. The summed E-state index contributed by atoms with van der Waals surface area (Å²) in [4.78, 5) is 0. The van der Waals surface area contributed by atoms with E-state index in [1.54, 1.807) is 0 Å². The summed E-state index contributed by atoms with van der Waals surface area (Å²) in [7, 11) is 0. The van der Waals surface area contributed by atoms with Crippen LogP contribution >= 0.6 is 0 Å². The highest BCUT2D eigenvalue weighted by Crippen LogP contribution is 2.18. The van der Waals surface area contributed by atoms with Gasteiger partial charge in [0.1, 0.15) is 6.17 Å². The van der Waals surface area contributed by atoms with Gasteiger partial charge in [-0.1, -0.05) is 12.2 Å². The van der Waals surface area contributed by atoms with Crippen LogP contribution in [0, 0.1) is 0 Å². The zero-order chi connectivity index (χ0) is 7.56. The van der Waals surface area contributed by atoms with E-state index in [2.05, 4.69) is 0 Å². The summed E-state index contributed by atoms with van der Waals surface area (Å²) < 4.78 is 35.9. The van der Waals surface area contributed by atoms with Crippen LogP contribution in [0.3, 0.4) is 0 Å². The predicted molar refractivity (Wildman–Crippen MR) is 32.7 cm³/mol. The standard InChI is InChI=1S/C7H7F3/c8-6-3-1-5(2-4-6)7(9)10/h1-3,6-7H,4H2. The predicted octanol–water partition coefficient (Wildman–Crippen LogP) is 2.48. The van der Waals surface area contributed by atoms with E-state index in [0.717, 1.165) is 12.2 Å². The fourth-order valence-electron chi connectivity index (χ4n) is 0.773. The third-order valence-corrected chi connectivity index (χ3v) is 1.33. The topological polar surface area (TPSA) is 0 Å². The van der Waals surface area contributed by atoms with Gasteiger partial charge in [0.2, 0.25) is 0 Å². The van der Waals surface area contributed by atoms with Crippen molar-refractivity contribution in [3.8, 4) is 0 Å². The smallest absolute Gasteiger partial charge is 0.243 e. The van der Waals surface area contributed by atoms with Gasteiger partial charge in [-0.25, -0.2) is 13.2 Å². The fraction of sp³-hybridized carbons (Fsp3) is 0.429. The molecule has 0 radical (unpaired) electrons. The lowest BCUT2D eigenvalue weighted by Gasteiger charge is -2.07. The molecule has 0 aromatic rings. The van der Waals surface area contributed by atoms with Gasteiger partial charge in [0.05, 0.1) is 0 Å². The molecule has 0 nitrogen and oxygen atoms in total. The summed E-state index contributed by atoms with van der Waals surface area (Å²) in [6.07, 6.45) is 0.0532. The molecular weight excluding hydrogens is 141 g/mol. The summed E-state index contributed by atoms with van der Waals surface area (Å²) in [5.41, 5.74) is -0.0751. The first kappa shape index (κ1) is 7.38. The zero-order valence-corrected chi connectivity index (χ0v) is 5.23. The Morgan fingerprint density at radius 2 is 2.20 bits per heavy atom. The molecule has 0 saturated carbocycles. The highest BCUT2D eigenvalue weighted by Gasteiger charge is 2.12. The molecule has 56 valence electrons. The van der Waals surface area contributed by atoms with Crippen LogP contribution in [0.25, 0.3) is 0 Å². The molecule has 0 N–H and O–H groups in total. The molecule has 1 aliphatic rings. The quantitative estimate of drug-likeness (QED) is 0.535. The van der Waals surface area contributed by atoms with Crippen molar-refractivity contribution in [2.24, 2.45) is 0 Å². The van der Waals surface area contributed by atoms with Crippen LogP contribution in [0.4, 0.5) is 13.2 Å². The van der Waals surface area contributed by atoms with Gasteiger partial charge in [0.25, 0.3) is 6.43 Å². The van der Waals surface area contributed by atoms with Crippen LogP contribution in [0.2, 0.25) is 0 Å². The molecule has 0 amide bonds. The number of hydrogen-bond acceptors (Lipinski definition) is 0. The Morgan fingerprint density at radius 3 is 2.60 bits per heavy atom. The van der Waals surface area contributed by atoms with Crippen LogP contribution in [0.1, 0.15) is 6.42 Å². The Balaban J connectivity index is 2.59. The molecular formula is C7H7F3. The molecule has 1 rings (SSSR count). The van der Waals surface area contributed by atoms with Crippen molar-refractivity contribution in [3.63, 3.8) is 0 Å². The molecule has 0 saturated heterocycles. The first-order chi connectivity index (χ1) is 4.70. The van der Waals surface area contributed by atoms with Crippen LogP contribution < -0.4 is 0 Å². The maximum absolute atomic E-state index is 12.2. The van der Waals surface area contributed by atoms with Crippen LogP contribution in [0.5, 0.6) is 0 Å². The van der Waals surface area contributed by atoms with Crippen molar-refractivity contribution in [2.45, 2.75) is 19.0 Å². The molecule has 0 bridgehead atoms. The van der Waals surface area contributed by atoms with Gasteiger partial charge in [-0.15, -0.1) is 0 Å². The summed E-state index contributed by atoms with van der Waals surface area (Å²) in [5.74, 6) is 0. The SMILES string of the molecule is FC1C=CC(C(F)F)=CC1. The maximum Gasteiger partial charge on any atom is 0.263 e. The monoisotopic (exact) mass is 148 g/mol. The number of rotatable bonds is 1. The van der Waals surface area contributed by atoms with Crippen LogP contribution in [-0.4, -0.2) is 12.6 Å². The number of allylic oxidation sites excluding steroid dienone is 4. The Labute approximate surface area is 57.0 Å². The lowest BCUT2D eigenvalue weighted by Crippen LogP contribution is -2.03. The first-order valence-electron chi connectivity index (χ1n) is 3.00. The summed E-state index contributed by atoms with van der Waals surface area (Å²) in [5, 5.41) is 0. The van der Waals surface area contributed by atoms with Gasteiger partial charge in [0, 0.05) is 12.0 Å². The Bertz CT molecular complexity index is 170. The molecule has 0 heterocycles. The molecule has 1 atom stereocenters. The second-order valence-corrected chi connectivity index (χ2v) is 2.12. The summed E-state index contributed by atoms with van der Waals surface area (Å²) >= 11 is 0. The molecule has 0 aromatic carbocycles. The lowest BCUT2D eigenvalue weighted by molar-refractivity contribution is 0.192. The van der Waals surface area contributed by atoms with E-state index in [4.69, 9.17) is 0 Å². The van der Waals surface area contributed by atoms with E-state index in [1.165, 1.54) is 6.08 Å². The fourth-order valence-corrected chi connectivity index (χ4v) is 0.773. The molecule has 0 aromatic heterocycles. The van der Waals surface area contributed by atoms with Gasteiger partial charge in [-0.3, -0.25) is 0 Å². The van der Waals surface area contributed by atoms with Gasteiger partial charge in [-0.2, -0.15) is 0 Å². The second kappa shape index (κ2) is 2.90. The number of alkyl halides is 3. The number of halogens is 3. The summed E-state index contributed by atoms with van der Waals surface area (Å²) in [6, 6.07) is 0. The van der Waals surface area contributed by atoms with Crippen molar-refractivity contribution in [1.82, 2.24) is 0 Å². The number of hydrogen-bond donors (Lipinski definition) is 0. The van der Waals surface area contributed by atoms with Crippen molar-refractivity contribution in [1.29, 1.82) is 0 Å². The molecule has 1 aliphatic carbocycles. The van der Waals surface area contributed by atoms with E-state index >= 15 is 0 Å². The van der Waals surface area contributed by atoms with E-state index in [9.17, 15) is 13.2 Å². The van der Waals surface area contributed by atoms with Gasteiger partial charge < -0.3 is 0 Å². The minimum absolute atomic E-state index is 0.0751. The molecule has 0 fully saturated rings. The van der Waals surface area contributed by atoms with Gasteiger partial charge in [0.15, 0.2) is 0 Å². The zero-order valence-electron chi connectivity index (χ0n) is 5.23. The van der Waals surface area contributed by atoms with E-state index in [0.29, 0.717) is 0 Å². The lowest BCUT2D eigenvalue weighted by atomic mass is 10.1. The van der Waals surface area contributed by atoms with Crippen molar-refractivity contribution >= 4 is 0 Å². The highest BCUT2D eigenvalue weighted by molar-refractivity contribution is 5.26. The van der Waals surface area contributed by atoms with Gasteiger partial charge >= 0.3 is 0 Å². The van der Waals surface area contributed by atoms with Crippen molar-refractivity contribution < 1.29 is 13.2 Å². The maximum atomic E-state index is 12.2. The van der Waals surface area contributed by atoms with E-state index < -0.39 is 12.6 Å². The first-order valence-corrected chi connectivity index (χ1v) is 3.00. The Morgan fingerprint density at radius 1 is 1.50 bits per heavy atom. The van der Waals surface area contributed by atoms with Crippen molar-refractivity contribution in [3.05, 3.63) is 23.8 Å². The Kier molecular flexibility index (Phi) is 2.14. The van der Waals surface area contributed by atoms with Crippen LogP contribution in [-0.2, 0) is 0 Å². The average molecular weight is 148 g/mol. The normalized spacial score (nSPS) is 25.2. The van der Waals surface area contributed by atoms with E-state index in [-0.39, 0.29) is 12.0 Å². The third-order valence-electron chi connectivity index (χ3n) is 1.33. The minimum atomic E-state index is -2.47. The van der Waals surface area contributed by atoms with Gasteiger partial charge in [-0.05, 0) is 6.08 Å². The Hall–Kier alpha value is -0.730. The molecule has 0 spiro atoms. The molecule has 0 aliphatic heterocycles. The molecule has 10 heavy (non-hydrogen) atoms. The van der Waals surface area contributed by atoms with Crippen molar-refractivity contribution in [2.75, 3.05) is 0 Å². The third kappa shape index (κ3) is 1.62. The molecule has 3 heteroatoms. The summed E-state index contributed by atoms with van der Waals surface area (Å²) in [6.45, 7) is 0. The largest absolute Gasteiger partial charge is 0.263 e. The van der Waals surface area contributed by atoms with E-state index in [1.807, 2.05) is 0 Å². The van der Waals surface area contributed by atoms with Crippen LogP contribution in [0.15, 0.2) is 23.8 Å². The minimum Gasteiger partial charge on any atom is -0.243 e.